The second kappa shape index (κ2) is 12.1. The van der Waals surface area contributed by atoms with Gasteiger partial charge in [0.2, 0.25) is 11.8 Å². The quantitative estimate of drug-likeness (QED) is 0.368. The Balaban J connectivity index is 2.04. The number of anilines is 1. The van der Waals surface area contributed by atoms with Crippen molar-refractivity contribution in [2.75, 3.05) is 10.8 Å². The minimum atomic E-state index is -4.16. The van der Waals surface area contributed by atoms with E-state index >= 15 is 0 Å². The Morgan fingerprint density at radius 1 is 0.974 bits per heavy atom. The van der Waals surface area contributed by atoms with Crippen LogP contribution in [0.2, 0.25) is 0 Å². The van der Waals surface area contributed by atoms with Gasteiger partial charge >= 0.3 is 0 Å². The Morgan fingerprint density at radius 2 is 1.61 bits per heavy atom. The maximum atomic E-state index is 14.6. The fraction of sp³-hybridized carbons (Fsp3) is 0.286. The Kier molecular flexibility index (Phi) is 9.32. The van der Waals surface area contributed by atoms with Gasteiger partial charge in [-0.15, -0.1) is 0 Å². The van der Waals surface area contributed by atoms with Gasteiger partial charge in [0.05, 0.1) is 10.6 Å². The summed E-state index contributed by atoms with van der Waals surface area (Å²) in [7, 11) is -4.16. The van der Waals surface area contributed by atoms with Crippen LogP contribution >= 0.6 is 15.9 Å². The monoisotopic (exact) mass is 603 g/mol. The molecule has 0 fully saturated rings. The molecule has 0 aliphatic rings. The first-order valence-corrected chi connectivity index (χ1v) is 14.2. The van der Waals surface area contributed by atoms with Gasteiger partial charge in [0.15, 0.2) is 0 Å². The Morgan fingerprint density at radius 3 is 2.21 bits per heavy atom. The zero-order valence-corrected chi connectivity index (χ0v) is 24.1. The van der Waals surface area contributed by atoms with E-state index in [1.807, 2.05) is 20.8 Å². The maximum Gasteiger partial charge on any atom is 0.264 e. The second-order valence-electron chi connectivity index (χ2n) is 9.83. The van der Waals surface area contributed by atoms with Crippen molar-refractivity contribution >= 4 is 43.5 Å². The molecule has 1 N–H and O–H groups in total. The molecule has 0 radical (unpaired) electrons. The van der Waals surface area contributed by atoms with Gasteiger partial charge in [-0.05, 0) is 64.1 Å². The van der Waals surface area contributed by atoms with Crippen molar-refractivity contribution in [1.29, 1.82) is 0 Å². The molecule has 3 rings (SSSR count). The minimum absolute atomic E-state index is 0.00644. The largest absolute Gasteiger partial charge is 0.350 e. The topological polar surface area (TPSA) is 86.8 Å². The van der Waals surface area contributed by atoms with E-state index < -0.39 is 45.8 Å². The van der Waals surface area contributed by atoms with Crippen LogP contribution < -0.4 is 9.62 Å². The zero-order chi connectivity index (χ0) is 28.1. The van der Waals surface area contributed by atoms with E-state index in [1.54, 1.807) is 48.5 Å². The van der Waals surface area contributed by atoms with Crippen molar-refractivity contribution in [3.8, 4) is 0 Å². The van der Waals surface area contributed by atoms with Crippen LogP contribution in [-0.4, -0.2) is 43.3 Å². The van der Waals surface area contributed by atoms with Gasteiger partial charge in [0.1, 0.15) is 18.4 Å². The van der Waals surface area contributed by atoms with Crippen LogP contribution in [0.15, 0.2) is 88.2 Å². The number of amides is 2. The van der Waals surface area contributed by atoms with Gasteiger partial charge in [-0.25, -0.2) is 12.8 Å². The molecule has 0 spiro atoms. The average Bonchev–Trinajstić information content (AvgIpc) is 2.85. The third-order valence-corrected chi connectivity index (χ3v) is 7.95. The summed E-state index contributed by atoms with van der Waals surface area (Å²) in [5, 5.41) is 2.84. The van der Waals surface area contributed by atoms with E-state index in [1.165, 1.54) is 42.2 Å². The minimum Gasteiger partial charge on any atom is -0.350 e. The molecule has 1 unspecified atom stereocenters. The normalized spacial score (nSPS) is 12.5. The molecule has 0 saturated carbocycles. The van der Waals surface area contributed by atoms with Gasteiger partial charge < -0.3 is 10.2 Å². The zero-order valence-electron chi connectivity index (χ0n) is 21.7. The number of rotatable bonds is 9. The summed E-state index contributed by atoms with van der Waals surface area (Å²) in [5.41, 5.74) is -0.109. The van der Waals surface area contributed by atoms with E-state index in [0.29, 0.717) is 4.47 Å². The van der Waals surface area contributed by atoms with Crippen molar-refractivity contribution < 1.29 is 22.4 Å². The van der Waals surface area contributed by atoms with Crippen LogP contribution in [0.4, 0.5) is 10.1 Å². The molecular weight excluding hydrogens is 573 g/mol. The second-order valence-corrected chi connectivity index (χ2v) is 12.6. The van der Waals surface area contributed by atoms with Crippen molar-refractivity contribution in [2.45, 2.75) is 50.7 Å². The number of sulfonamides is 1. The van der Waals surface area contributed by atoms with Crippen LogP contribution in [0.1, 0.15) is 33.3 Å². The molecule has 2 amide bonds. The molecule has 10 heteroatoms. The van der Waals surface area contributed by atoms with E-state index in [0.717, 1.165) is 4.31 Å². The van der Waals surface area contributed by atoms with Gasteiger partial charge in [-0.1, -0.05) is 58.4 Å². The van der Waals surface area contributed by atoms with E-state index in [4.69, 9.17) is 0 Å². The van der Waals surface area contributed by atoms with Crippen LogP contribution in [0, 0.1) is 5.82 Å². The molecule has 202 valence electrons. The Bertz CT molecular complexity index is 1390. The number of nitrogens with one attached hydrogen (secondary N) is 1. The number of benzene rings is 3. The van der Waals surface area contributed by atoms with Crippen molar-refractivity contribution in [2.24, 2.45) is 0 Å². The molecule has 0 aliphatic heterocycles. The summed E-state index contributed by atoms with van der Waals surface area (Å²) < 4.78 is 43.6. The summed E-state index contributed by atoms with van der Waals surface area (Å²) in [6, 6.07) is 19.3. The summed E-state index contributed by atoms with van der Waals surface area (Å²) in [5.74, 6) is -1.64. The molecule has 0 heterocycles. The molecule has 1 atom stereocenters. The highest BCUT2D eigenvalue weighted by molar-refractivity contribution is 9.10. The average molecular weight is 605 g/mol. The number of nitrogens with zero attached hydrogens (tertiary/aromatic N) is 2. The first-order chi connectivity index (χ1) is 17.8. The van der Waals surface area contributed by atoms with Gasteiger partial charge in [-0.2, -0.15) is 0 Å². The lowest BCUT2D eigenvalue weighted by atomic mass is 10.1. The fourth-order valence-electron chi connectivity index (χ4n) is 3.75. The number of carbonyl (C=O) groups excluding carboxylic acids is 2. The first kappa shape index (κ1) is 29.3. The third-order valence-electron chi connectivity index (χ3n) is 5.67. The SMILES string of the molecule is CC(C(=O)NC(C)(C)C)N(Cc1ccccc1F)C(=O)CN(c1cccc(Br)c1)S(=O)(=O)c1ccccc1. The summed E-state index contributed by atoms with van der Waals surface area (Å²) in [6.07, 6.45) is 0. The van der Waals surface area contributed by atoms with E-state index in [2.05, 4.69) is 21.2 Å². The van der Waals surface area contributed by atoms with Gasteiger partial charge in [-0.3, -0.25) is 13.9 Å². The fourth-order valence-corrected chi connectivity index (χ4v) is 5.56. The summed E-state index contributed by atoms with van der Waals surface area (Å²) >= 11 is 3.36. The molecule has 0 saturated heterocycles. The number of hydrogen-bond donors (Lipinski definition) is 1. The number of halogens is 2. The van der Waals surface area contributed by atoms with E-state index in [-0.39, 0.29) is 22.7 Å². The molecule has 0 bridgehead atoms. The molecule has 0 aromatic heterocycles. The van der Waals surface area contributed by atoms with Gasteiger partial charge in [0, 0.05) is 22.1 Å². The van der Waals surface area contributed by atoms with Crippen molar-refractivity contribution in [3.63, 3.8) is 0 Å². The smallest absolute Gasteiger partial charge is 0.264 e. The molecule has 38 heavy (non-hydrogen) atoms. The lowest BCUT2D eigenvalue weighted by molar-refractivity contribution is -0.140. The molecule has 3 aromatic carbocycles. The Labute approximate surface area is 231 Å². The maximum absolute atomic E-state index is 14.6. The highest BCUT2D eigenvalue weighted by Crippen LogP contribution is 2.27. The number of carbonyl (C=O) groups is 2. The summed E-state index contributed by atoms with van der Waals surface area (Å²) in [6.45, 7) is 6.14. The number of hydrogen-bond acceptors (Lipinski definition) is 4. The molecule has 0 aliphatic carbocycles. The van der Waals surface area contributed by atoms with Crippen LogP contribution in [-0.2, 0) is 26.2 Å². The highest BCUT2D eigenvalue weighted by Gasteiger charge is 2.33. The van der Waals surface area contributed by atoms with Crippen LogP contribution in [0.5, 0.6) is 0 Å². The lowest BCUT2D eigenvalue weighted by Crippen LogP contribution is -2.54. The molecular formula is C28H31BrFN3O4S. The third kappa shape index (κ3) is 7.41. The predicted molar refractivity (Wildman–Crippen MR) is 149 cm³/mol. The Hall–Kier alpha value is -3.24. The standard InChI is InChI=1S/C28H31BrFN3O4S/c1-20(27(35)31-28(2,3)4)32(18-21-11-8-9-16-25(21)30)26(34)19-33(23-13-10-12-22(29)17-23)38(36,37)24-14-6-5-7-15-24/h5-17,20H,18-19H2,1-4H3,(H,31,35). The van der Waals surface area contributed by atoms with Crippen molar-refractivity contribution in [3.05, 3.63) is 94.7 Å². The van der Waals surface area contributed by atoms with Gasteiger partial charge in [0.25, 0.3) is 10.0 Å². The highest BCUT2D eigenvalue weighted by atomic mass is 79.9. The lowest BCUT2D eigenvalue weighted by Gasteiger charge is -2.33. The molecule has 3 aromatic rings. The predicted octanol–water partition coefficient (Wildman–Crippen LogP) is 5.12. The van der Waals surface area contributed by atoms with Crippen molar-refractivity contribution in [1.82, 2.24) is 10.2 Å². The van der Waals surface area contributed by atoms with Crippen LogP contribution in [0.3, 0.4) is 0 Å². The molecule has 7 nitrogen and oxygen atoms in total. The van der Waals surface area contributed by atoms with E-state index in [9.17, 15) is 22.4 Å². The first-order valence-electron chi connectivity index (χ1n) is 12.0. The summed E-state index contributed by atoms with van der Waals surface area (Å²) in [4.78, 5) is 28.1. The van der Waals surface area contributed by atoms with Crippen LogP contribution in [0.25, 0.3) is 0 Å².